The molecular formula is C12H16BrNO3S. The normalized spacial score (nSPS) is 12.1. The first kappa shape index (κ1) is 15.2. The van der Waals surface area contributed by atoms with Crippen LogP contribution in [0.15, 0.2) is 15.9 Å². The molecule has 0 saturated carbocycles. The summed E-state index contributed by atoms with van der Waals surface area (Å²) < 4.78 is 1.09. The Bertz CT molecular complexity index is 419. The number of aryl methyl sites for hydroxylation is 1. The first-order valence-electron chi connectivity index (χ1n) is 5.72. The van der Waals surface area contributed by atoms with Crippen LogP contribution in [0.2, 0.25) is 0 Å². The van der Waals surface area contributed by atoms with E-state index >= 15 is 0 Å². The number of carboxylic acids is 1. The molecule has 0 radical (unpaired) electrons. The number of aliphatic carboxylic acids is 1. The van der Waals surface area contributed by atoms with Crippen LogP contribution in [0, 0.1) is 0 Å². The lowest BCUT2D eigenvalue weighted by Crippen LogP contribution is -2.34. The summed E-state index contributed by atoms with van der Waals surface area (Å²) in [4.78, 5) is 23.2. The van der Waals surface area contributed by atoms with Crippen LogP contribution < -0.4 is 5.32 Å². The van der Waals surface area contributed by atoms with Gasteiger partial charge in [0, 0.05) is 17.3 Å². The van der Waals surface area contributed by atoms with E-state index in [9.17, 15) is 9.59 Å². The number of rotatable bonds is 7. The number of carbonyl (C=O) groups is 2. The van der Waals surface area contributed by atoms with Gasteiger partial charge in [0.05, 0.1) is 10.2 Å². The van der Waals surface area contributed by atoms with Gasteiger partial charge in [0.25, 0.3) is 0 Å². The summed E-state index contributed by atoms with van der Waals surface area (Å²) in [6, 6.07) is 3.72. The Kier molecular flexibility index (Phi) is 6.35. The van der Waals surface area contributed by atoms with E-state index in [0.717, 1.165) is 16.6 Å². The van der Waals surface area contributed by atoms with Gasteiger partial charge >= 0.3 is 5.97 Å². The predicted molar refractivity (Wildman–Crippen MR) is 74.8 cm³/mol. The van der Waals surface area contributed by atoms with Gasteiger partial charge in [-0.25, -0.2) is 0 Å². The summed E-state index contributed by atoms with van der Waals surface area (Å²) in [5.74, 6) is -0.981. The third-order valence-corrected chi connectivity index (χ3v) is 4.03. The van der Waals surface area contributed by atoms with Gasteiger partial charge in [0.1, 0.15) is 0 Å². The second kappa shape index (κ2) is 7.53. The summed E-state index contributed by atoms with van der Waals surface area (Å²) in [5, 5.41) is 11.2. The summed E-state index contributed by atoms with van der Waals surface area (Å²) >= 11 is 5.06. The minimum absolute atomic E-state index is 0.0381. The van der Waals surface area contributed by atoms with Crippen LogP contribution in [0.5, 0.6) is 0 Å². The molecule has 100 valence electrons. The van der Waals surface area contributed by atoms with Gasteiger partial charge in [0.2, 0.25) is 5.91 Å². The Morgan fingerprint density at radius 2 is 2.22 bits per heavy atom. The maximum absolute atomic E-state index is 11.5. The lowest BCUT2D eigenvalue weighted by atomic mass is 10.2. The number of thiophene rings is 1. The van der Waals surface area contributed by atoms with Crippen molar-refractivity contribution in [2.24, 2.45) is 0 Å². The maximum Gasteiger partial charge on any atom is 0.305 e. The second-order valence-electron chi connectivity index (χ2n) is 4.13. The van der Waals surface area contributed by atoms with Crippen LogP contribution >= 0.6 is 27.3 Å². The Morgan fingerprint density at radius 3 is 2.78 bits per heavy atom. The SMILES string of the molecule is CC(CC(=O)O)NC(=O)CCCc1ccc(Br)s1. The van der Waals surface area contributed by atoms with Crippen LogP contribution in [0.4, 0.5) is 0 Å². The van der Waals surface area contributed by atoms with E-state index in [-0.39, 0.29) is 18.4 Å². The molecule has 0 aliphatic rings. The molecule has 0 fully saturated rings. The quantitative estimate of drug-likeness (QED) is 0.806. The van der Waals surface area contributed by atoms with Crippen molar-refractivity contribution in [2.75, 3.05) is 0 Å². The van der Waals surface area contributed by atoms with Gasteiger partial charge < -0.3 is 10.4 Å². The van der Waals surface area contributed by atoms with Gasteiger partial charge in [-0.3, -0.25) is 9.59 Å². The number of hydrogen-bond donors (Lipinski definition) is 2. The number of hydrogen-bond acceptors (Lipinski definition) is 3. The molecule has 0 aliphatic carbocycles. The van der Waals surface area contributed by atoms with E-state index in [4.69, 9.17) is 5.11 Å². The first-order chi connectivity index (χ1) is 8.47. The molecule has 18 heavy (non-hydrogen) atoms. The molecular weight excluding hydrogens is 318 g/mol. The summed E-state index contributed by atoms with van der Waals surface area (Å²) in [7, 11) is 0. The molecule has 1 heterocycles. The highest BCUT2D eigenvalue weighted by atomic mass is 79.9. The molecule has 1 unspecified atom stereocenters. The van der Waals surface area contributed by atoms with Gasteiger partial charge in [-0.1, -0.05) is 0 Å². The monoisotopic (exact) mass is 333 g/mol. The standard InChI is InChI=1S/C12H16BrNO3S/c1-8(7-12(16)17)14-11(15)4-2-3-9-5-6-10(13)18-9/h5-6,8H,2-4,7H2,1H3,(H,14,15)(H,16,17). The fourth-order valence-electron chi connectivity index (χ4n) is 1.57. The fourth-order valence-corrected chi connectivity index (χ4v) is 3.09. The molecule has 1 atom stereocenters. The highest BCUT2D eigenvalue weighted by molar-refractivity contribution is 9.11. The molecule has 6 heteroatoms. The van der Waals surface area contributed by atoms with E-state index in [2.05, 4.69) is 21.2 Å². The minimum atomic E-state index is -0.897. The summed E-state index contributed by atoms with van der Waals surface area (Å²) in [6.45, 7) is 1.70. The van der Waals surface area contributed by atoms with Crippen molar-refractivity contribution in [3.63, 3.8) is 0 Å². The van der Waals surface area contributed by atoms with Crippen LogP contribution in [-0.2, 0) is 16.0 Å². The third-order valence-electron chi connectivity index (χ3n) is 2.34. The third kappa shape index (κ3) is 6.16. The van der Waals surface area contributed by atoms with Crippen LogP contribution in [0.25, 0.3) is 0 Å². The van der Waals surface area contributed by atoms with E-state index in [1.807, 2.05) is 12.1 Å². The number of amides is 1. The Hall–Kier alpha value is -0.880. The Balaban J connectivity index is 2.19. The highest BCUT2D eigenvalue weighted by Gasteiger charge is 2.10. The van der Waals surface area contributed by atoms with Crippen molar-refractivity contribution in [1.29, 1.82) is 0 Å². The van der Waals surface area contributed by atoms with E-state index in [1.165, 1.54) is 4.88 Å². The van der Waals surface area contributed by atoms with Gasteiger partial charge in [-0.2, -0.15) is 0 Å². The molecule has 0 saturated heterocycles. The largest absolute Gasteiger partial charge is 0.481 e. The smallest absolute Gasteiger partial charge is 0.305 e. The summed E-state index contributed by atoms with van der Waals surface area (Å²) in [6.07, 6.45) is 2.04. The molecule has 0 bridgehead atoms. The average molecular weight is 334 g/mol. The zero-order chi connectivity index (χ0) is 13.5. The van der Waals surface area contributed by atoms with Gasteiger partial charge in [-0.05, 0) is 47.8 Å². The second-order valence-corrected chi connectivity index (χ2v) is 6.67. The molecule has 1 aromatic rings. The van der Waals surface area contributed by atoms with Gasteiger partial charge in [-0.15, -0.1) is 11.3 Å². The molecule has 0 spiro atoms. The van der Waals surface area contributed by atoms with Crippen molar-refractivity contribution in [3.8, 4) is 0 Å². The Morgan fingerprint density at radius 1 is 1.50 bits per heavy atom. The van der Waals surface area contributed by atoms with Gasteiger partial charge in [0.15, 0.2) is 0 Å². The van der Waals surface area contributed by atoms with E-state index in [1.54, 1.807) is 18.3 Å². The minimum Gasteiger partial charge on any atom is -0.481 e. The van der Waals surface area contributed by atoms with Crippen molar-refractivity contribution < 1.29 is 14.7 Å². The molecule has 0 aromatic carbocycles. The Labute approximate surface area is 119 Å². The summed E-state index contributed by atoms with van der Waals surface area (Å²) in [5.41, 5.74) is 0. The van der Waals surface area contributed by atoms with Crippen molar-refractivity contribution in [3.05, 3.63) is 20.8 Å². The number of carbonyl (C=O) groups excluding carboxylic acids is 1. The molecule has 1 aromatic heterocycles. The number of nitrogens with one attached hydrogen (secondary N) is 1. The topological polar surface area (TPSA) is 66.4 Å². The average Bonchev–Trinajstić information content (AvgIpc) is 2.62. The zero-order valence-electron chi connectivity index (χ0n) is 10.1. The fraction of sp³-hybridized carbons (Fsp3) is 0.500. The molecule has 4 nitrogen and oxygen atoms in total. The number of halogens is 1. The molecule has 1 amide bonds. The lowest BCUT2D eigenvalue weighted by Gasteiger charge is -2.11. The van der Waals surface area contributed by atoms with E-state index in [0.29, 0.717) is 6.42 Å². The molecule has 1 rings (SSSR count). The van der Waals surface area contributed by atoms with E-state index < -0.39 is 5.97 Å². The van der Waals surface area contributed by atoms with Crippen LogP contribution in [0.3, 0.4) is 0 Å². The highest BCUT2D eigenvalue weighted by Crippen LogP contribution is 2.23. The lowest BCUT2D eigenvalue weighted by molar-refractivity contribution is -0.137. The maximum atomic E-state index is 11.5. The first-order valence-corrected chi connectivity index (χ1v) is 7.33. The number of carboxylic acid groups (broad SMARTS) is 1. The van der Waals surface area contributed by atoms with Crippen molar-refractivity contribution in [2.45, 2.75) is 38.6 Å². The van der Waals surface area contributed by atoms with Crippen molar-refractivity contribution in [1.82, 2.24) is 5.32 Å². The van der Waals surface area contributed by atoms with Crippen LogP contribution in [-0.4, -0.2) is 23.0 Å². The van der Waals surface area contributed by atoms with Crippen molar-refractivity contribution >= 4 is 39.1 Å². The van der Waals surface area contributed by atoms with Crippen LogP contribution in [0.1, 0.15) is 31.1 Å². The zero-order valence-corrected chi connectivity index (χ0v) is 12.5. The molecule has 2 N–H and O–H groups in total. The molecule has 0 aliphatic heterocycles. The predicted octanol–water partition coefficient (Wildman–Crippen LogP) is 2.81.